The number of amides is 3. The zero-order chi connectivity index (χ0) is 21.1. The van der Waals surface area contributed by atoms with Gasteiger partial charge in [-0.2, -0.15) is 0 Å². The van der Waals surface area contributed by atoms with Gasteiger partial charge in [0.2, 0.25) is 5.91 Å². The molecule has 1 aliphatic rings. The minimum atomic E-state index is -0.786. The number of nitrogens with two attached hydrogens (primary N) is 1. The molecule has 0 saturated carbocycles. The molecule has 1 aliphatic heterocycles. The molecule has 152 valence electrons. The second-order valence-corrected chi connectivity index (χ2v) is 7.85. The van der Waals surface area contributed by atoms with Crippen molar-refractivity contribution in [1.29, 1.82) is 0 Å². The molecule has 1 saturated heterocycles. The van der Waals surface area contributed by atoms with E-state index >= 15 is 0 Å². The Kier molecular flexibility index (Phi) is 6.17. The number of carbonyl (C=O) groups is 3. The maximum absolute atomic E-state index is 13.0. The van der Waals surface area contributed by atoms with Gasteiger partial charge in [0.15, 0.2) is 0 Å². The van der Waals surface area contributed by atoms with Crippen LogP contribution < -0.4 is 11.1 Å². The molecule has 1 aromatic heterocycles. The van der Waals surface area contributed by atoms with Crippen LogP contribution in [0.1, 0.15) is 47.3 Å². The Morgan fingerprint density at radius 3 is 2.66 bits per heavy atom. The van der Waals surface area contributed by atoms with Crippen molar-refractivity contribution < 1.29 is 14.4 Å². The van der Waals surface area contributed by atoms with Gasteiger partial charge < -0.3 is 16.0 Å². The number of halogens is 1. The van der Waals surface area contributed by atoms with E-state index in [9.17, 15) is 14.4 Å². The minimum Gasteiger partial charge on any atom is -0.366 e. The third-order valence-corrected chi connectivity index (χ3v) is 5.54. The van der Waals surface area contributed by atoms with Gasteiger partial charge in [0.1, 0.15) is 0 Å². The lowest BCUT2D eigenvalue weighted by molar-refractivity contribution is -0.146. The number of nitrogens with zero attached hydrogens (tertiary/aromatic N) is 2. The van der Waals surface area contributed by atoms with Gasteiger partial charge in [-0.3, -0.25) is 19.4 Å². The fourth-order valence-corrected chi connectivity index (χ4v) is 3.69. The Labute approximate surface area is 174 Å². The lowest BCUT2D eigenvalue weighted by Crippen LogP contribution is -2.46. The molecular formula is C21H23ClN4O3. The fraction of sp³-hybridized carbons (Fsp3) is 0.333. The maximum Gasteiger partial charge on any atom is 0.313 e. The minimum absolute atomic E-state index is 0.147. The Bertz CT molecular complexity index is 963. The molecule has 2 heterocycles. The van der Waals surface area contributed by atoms with E-state index < -0.39 is 17.7 Å². The van der Waals surface area contributed by atoms with Gasteiger partial charge >= 0.3 is 11.8 Å². The molecule has 0 spiro atoms. The Hall–Kier alpha value is -2.93. The second-order valence-electron chi connectivity index (χ2n) is 7.45. The zero-order valence-corrected chi connectivity index (χ0v) is 17.1. The van der Waals surface area contributed by atoms with Crippen molar-refractivity contribution in [2.75, 3.05) is 11.9 Å². The van der Waals surface area contributed by atoms with Crippen LogP contribution in [-0.4, -0.2) is 34.2 Å². The van der Waals surface area contributed by atoms with Crippen molar-refractivity contribution in [2.24, 2.45) is 11.7 Å². The molecule has 2 atom stereocenters. The van der Waals surface area contributed by atoms with Crippen LogP contribution in [0.5, 0.6) is 0 Å². The fourth-order valence-electron chi connectivity index (χ4n) is 3.50. The summed E-state index contributed by atoms with van der Waals surface area (Å²) in [6, 6.07) is 6.88. The van der Waals surface area contributed by atoms with E-state index in [1.165, 1.54) is 18.5 Å². The van der Waals surface area contributed by atoms with Crippen molar-refractivity contribution >= 4 is 35.0 Å². The molecule has 7 nitrogen and oxygen atoms in total. The first-order valence-corrected chi connectivity index (χ1v) is 9.77. The summed E-state index contributed by atoms with van der Waals surface area (Å²) >= 11 is 6.27. The highest BCUT2D eigenvalue weighted by molar-refractivity contribution is 6.39. The third-order valence-electron chi connectivity index (χ3n) is 5.13. The van der Waals surface area contributed by atoms with Crippen LogP contribution in [0.2, 0.25) is 5.02 Å². The second kappa shape index (κ2) is 8.61. The summed E-state index contributed by atoms with van der Waals surface area (Å²) in [5.41, 5.74) is 7.48. The topological polar surface area (TPSA) is 105 Å². The van der Waals surface area contributed by atoms with E-state index in [1.54, 1.807) is 4.90 Å². The molecule has 8 heteroatoms. The van der Waals surface area contributed by atoms with Crippen LogP contribution in [-0.2, 0) is 9.59 Å². The first-order valence-electron chi connectivity index (χ1n) is 9.39. The average Bonchev–Trinajstić information content (AvgIpc) is 2.69. The summed E-state index contributed by atoms with van der Waals surface area (Å²) in [6.07, 6.45) is 4.35. The summed E-state index contributed by atoms with van der Waals surface area (Å²) in [7, 11) is 0. The van der Waals surface area contributed by atoms with Crippen molar-refractivity contribution in [3.05, 3.63) is 58.4 Å². The zero-order valence-electron chi connectivity index (χ0n) is 16.3. The number of pyridine rings is 1. The summed E-state index contributed by atoms with van der Waals surface area (Å²) in [5.74, 6) is -1.81. The smallest absolute Gasteiger partial charge is 0.313 e. The van der Waals surface area contributed by atoms with Gasteiger partial charge in [-0.1, -0.05) is 30.7 Å². The van der Waals surface area contributed by atoms with Crippen LogP contribution in [0.4, 0.5) is 5.69 Å². The molecule has 0 radical (unpaired) electrons. The van der Waals surface area contributed by atoms with Crippen molar-refractivity contribution in [1.82, 2.24) is 9.88 Å². The number of benzene rings is 1. The molecule has 2 aromatic rings. The summed E-state index contributed by atoms with van der Waals surface area (Å²) in [5, 5.41) is 3.15. The monoisotopic (exact) mass is 414 g/mol. The number of hydrogen-bond donors (Lipinski definition) is 2. The first kappa shape index (κ1) is 20.8. The first-order chi connectivity index (χ1) is 13.8. The highest BCUT2D eigenvalue weighted by atomic mass is 35.5. The van der Waals surface area contributed by atoms with Crippen LogP contribution in [0.3, 0.4) is 0 Å². The van der Waals surface area contributed by atoms with E-state index in [-0.39, 0.29) is 23.2 Å². The lowest BCUT2D eigenvalue weighted by Gasteiger charge is -2.38. The quantitative estimate of drug-likeness (QED) is 0.752. The molecule has 0 bridgehead atoms. The third kappa shape index (κ3) is 4.74. The normalized spacial score (nSPS) is 18.9. The largest absolute Gasteiger partial charge is 0.366 e. The Balaban J connectivity index is 1.81. The summed E-state index contributed by atoms with van der Waals surface area (Å²) in [6.45, 7) is 4.44. The molecular weight excluding hydrogens is 392 g/mol. The average molecular weight is 415 g/mol. The van der Waals surface area contributed by atoms with E-state index in [0.29, 0.717) is 11.6 Å². The van der Waals surface area contributed by atoms with Gasteiger partial charge in [0.25, 0.3) is 0 Å². The van der Waals surface area contributed by atoms with Crippen LogP contribution in [0.15, 0.2) is 36.7 Å². The summed E-state index contributed by atoms with van der Waals surface area (Å²) < 4.78 is 0. The number of primary amides is 1. The van der Waals surface area contributed by atoms with Crippen molar-refractivity contribution in [3.63, 3.8) is 0 Å². The number of piperidine rings is 1. The highest BCUT2D eigenvalue weighted by Crippen LogP contribution is 2.35. The van der Waals surface area contributed by atoms with Gasteiger partial charge in [-0.25, -0.2) is 0 Å². The molecule has 3 amide bonds. The molecule has 1 fully saturated rings. The number of rotatable bonds is 3. The Morgan fingerprint density at radius 2 is 1.97 bits per heavy atom. The van der Waals surface area contributed by atoms with Gasteiger partial charge in [-0.05, 0) is 48.9 Å². The molecule has 0 unspecified atom stereocenters. The van der Waals surface area contributed by atoms with Crippen molar-refractivity contribution in [2.45, 2.75) is 32.7 Å². The standard InChI is InChI=1S/C21H23ClN4O3/c1-12-3-6-18(14-5-4-13(2)17(22)8-14)26(11-12)21(29)20(28)25-16-7-15(19(23)27)9-24-10-16/h4-5,7-10,12,18H,3,6,11H2,1-2H3,(H2,23,27)(H,25,28)/t12-,18+/m0/s1. The van der Waals surface area contributed by atoms with Gasteiger partial charge in [0.05, 0.1) is 23.5 Å². The Morgan fingerprint density at radius 1 is 1.21 bits per heavy atom. The van der Waals surface area contributed by atoms with Crippen molar-refractivity contribution in [3.8, 4) is 0 Å². The number of likely N-dealkylation sites (tertiary alicyclic amines) is 1. The van der Waals surface area contributed by atoms with Gasteiger partial charge in [0, 0.05) is 17.8 Å². The van der Waals surface area contributed by atoms with E-state index in [4.69, 9.17) is 17.3 Å². The maximum atomic E-state index is 13.0. The number of anilines is 1. The van der Waals surface area contributed by atoms with Crippen LogP contribution >= 0.6 is 11.6 Å². The highest BCUT2D eigenvalue weighted by Gasteiger charge is 2.34. The number of aryl methyl sites for hydroxylation is 1. The number of hydrogen-bond acceptors (Lipinski definition) is 4. The molecule has 3 N–H and O–H groups in total. The lowest BCUT2D eigenvalue weighted by atomic mass is 9.89. The van der Waals surface area contributed by atoms with E-state index in [0.717, 1.165) is 24.0 Å². The van der Waals surface area contributed by atoms with E-state index in [1.807, 2.05) is 25.1 Å². The molecule has 0 aliphatic carbocycles. The molecule has 3 rings (SSSR count). The summed E-state index contributed by atoms with van der Waals surface area (Å²) in [4.78, 5) is 42.3. The number of aromatic nitrogens is 1. The van der Waals surface area contributed by atoms with Crippen LogP contribution in [0.25, 0.3) is 0 Å². The number of nitrogens with one attached hydrogen (secondary N) is 1. The SMILES string of the molecule is Cc1ccc([C@H]2CC[C@H](C)CN2C(=O)C(=O)Nc2cncc(C(N)=O)c2)cc1Cl. The number of carbonyl (C=O) groups excluding carboxylic acids is 3. The predicted molar refractivity (Wildman–Crippen MR) is 110 cm³/mol. The van der Waals surface area contributed by atoms with E-state index in [2.05, 4.69) is 17.2 Å². The van der Waals surface area contributed by atoms with Crippen LogP contribution in [0, 0.1) is 12.8 Å². The molecule has 29 heavy (non-hydrogen) atoms. The van der Waals surface area contributed by atoms with Gasteiger partial charge in [-0.15, -0.1) is 0 Å². The predicted octanol–water partition coefficient (Wildman–Crippen LogP) is 3.08. The molecule has 1 aromatic carbocycles.